The number of rotatable bonds is 52. The predicted molar refractivity (Wildman–Crippen MR) is 275 cm³/mol. The molecule has 0 saturated heterocycles. The summed E-state index contributed by atoms with van der Waals surface area (Å²) in [6.07, 6.45) is 61.6. The van der Waals surface area contributed by atoms with Crippen LogP contribution in [-0.2, 0) is 28.6 Å². The highest BCUT2D eigenvalue weighted by atomic mass is 16.6. The lowest BCUT2D eigenvalue weighted by molar-refractivity contribution is -0.167. The Morgan fingerprint density at radius 2 is 0.516 bits per heavy atom. The van der Waals surface area contributed by atoms with Crippen molar-refractivity contribution in [1.82, 2.24) is 0 Å². The molecule has 6 nitrogen and oxygen atoms in total. The Labute approximate surface area is 398 Å². The second-order valence-electron chi connectivity index (χ2n) is 19.2. The van der Waals surface area contributed by atoms with Crippen LogP contribution in [0.25, 0.3) is 0 Å². The van der Waals surface area contributed by atoms with E-state index in [1.54, 1.807) is 0 Å². The Morgan fingerprint density at radius 3 is 0.781 bits per heavy atom. The summed E-state index contributed by atoms with van der Waals surface area (Å²) >= 11 is 0. The lowest BCUT2D eigenvalue weighted by Gasteiger charge is -2.18. The number of hydrogen-bond donors (Lipinski definition) is 0. The quantitative estimate of drug-likeness (QED) is 0.0262. The molecule has 0 amide bonds. The van der Waals surface area contributed by atoms with Crippen LogP contribution in [0, 0.1) is 0 Å². The molecule has 0 aliphatic rings. The molecule has 0 unspecified atom stereocenters. The van der Waals surface area contributed by atoms with Gasteiger partial charge in [0, 0.05) is 19.3 Å². The van der Waals surface area contributed by atoms with Gasteiger partial charge in [0.05, 0.1) is 0 Å². The van der Waals surface area contributed by atoms with Crippen LogP contribution in [0.1, 0.15) is 310 Å². The summed E-state index contributed by atoms with van der Waals surface area (Å²) in [4.78, 5) is 38.1. The van der Waals surface area contributed by atoms with Crippen molar-refractivity contribution in [2.75, 3.05) is 13.2 Å². The first-order chi connectivity index (χ1) is 31.5. The van der Waals surface area contributed by atoms with Gasteiger partial charge in [0.1, 0.15) is 13.2 Å². The maximum absolute atomic E-state index is 12.8. The first kappa shape index (κ1) is 61.9. The van der Waals surface area contributed by atoms with Crippen LogP contribution >= 0.6 is 0 Å². The van der Waals surface area contributed by atoms with E-state index in [9.17, 15) is 14.4 Å². The predicted octanol–water partition coefficient (Wildman–Crippen LogP) is 18.7. The SMILES string of the molecule is CCCCCCCC/C=C\CCCCCCCCCCCC(=O)O[C@H](COC(=O)CCCCCCC/C=C\CCCCCCCC)COC(=O)CCCCCCCCCCCCCC. The third kappa shape index (κ3) is 50.9. The van der Waals surface area contributed by atoms with E-state index in [-0.39, 0.29) is 31.1 Å². The van der Waals surface area contributed by atoms with Gasteiger partial charge < -0.3 is 14.2 Å². The maximum Gasteiger partial charge on any atom is 0.306 e. The molecule has 64 heavy (non-hydrogen) atoms. The second kappa shape index (κ2) is 53.5. The molecule has 0 fully saturated rings. The molecule has 0 saturated carbocycles. The van der Waals surface area contributed by atoms with E-state index in [1.165, 1.54) is 205 Å². The molecule has 0 bridgehead atoms. The highest BCUT2D eigenvalue weighted by molar-refractivity contribution is 5.71. The number of hydrogen-bond acceptors (Lipinski definition) is 6. The summed E-state index contributed by atoms with van der Waals surface area (Å²) in [5.74, 6) is -0.864. The van der Waals surface area contributed by atoms with Crippen molar-refractivity contribution < 1.29 is 28.6 Å². The standard InChI is InChI=1S/C58H108O6/c1-4-7-10-13-16-19-22-25-27-28-29-30-32-34-37-40-43-46-49-52-58(61)64-55(53-62-56(59)50-47-44-41-38-35-24-21-18-15-12-9-6-3)54-63-57(60)51-48-45-42-39-36-33-31-26-23-20-17-14-11-8-5-2/h25-27,31,55H,4-24,28-30,32-54H2,1-3H3/b27-25-,31-26-/t55-/m0/s1. The normalized spacial score (nSPS) is 12.1. The molecule has 376 valence electrons. The van der Waals surface area contributed by atoms with Gasteiger partial charge in [0.2, 0.25) is 0 Å². The Balaban J connectivity index is 4.32. The molecule has 6 heteroatoms. The van der Waals surface area contributed by atoms with Crippen LogP contribution in [0.2, 0.25) is 0 Å². The van der Waals surface area contributed by atoms with Gasteiger partial charge in [-0.3, -0.25) is 14.4 Å². The van der Waals surface area contributed by atoms with Crippen molar-refractivity contribution in [3.8, 4) is 0 Å². The molecule has 0 rings (SSSR count). The number of allylic oxidation sites excluding steroid dienone is 4. The number of carbonyl (C=O) groups excluding carboxylic acids is 3. The summed E-state index contributed by atoms with van der Waals surface area (Å²) in [7, 11) is 0. The molecule has 0 spiro atoms. The van der Waals surface area contributed by atoms with E-state index < -0.39 is 6.10 Å². The molecule has 0 aromatic rings. The van der Waals surface area contributed by atoms with Gasteiger partial charge in [0.25, 0.3) is 0 Å². The van der Waals surface area contributed by atoms with Gasteiger partial charge in [0.15, 0.2) is 6.10 Å². The summed E-state index contributed by atoms with van der Waals surface area (Å²) in [6, 6.07) is 0. The molecule has 0 aromatic carbocycles. The highest BCUT2D eigenvalue weighted by Crippen LogP contribution is 2.16. The molecule has 0 N–H and O–H groups in total. The average molecular weight is 901 g/mol. The largest absolute Gasteiger partial charge is 0.462 e. The Hall–Kier alpha value is -2.11. The highest BCUT2D eigenvalue weighted by Gasteiger charge is 2.19. The average Bonchev–Trinajstić information content (AvgIpc) is 3.29. The molecule has 0 heterocycles. The fourth-order valence-corrected chi connectivity index (χ4v) is 8.37. The molecule has 1 atom stereocenters. The molecular formula is C58H108O6. The van der Waals surface area contributed by atoms with Gasteiger partial charge >= 0.3 is 17.9 Å². The molecule has 0 aliphatic carbocycles. The van der Waals surface area contributed by atoms with Gasteiger partial charge in [-0.25, -0.2) is 0 Å². The minimum Gasteiger partial charge on any atom is -0.462 e. The van der Waals surface area contributed by atoms with Crippen LogP contribution < -0.4 is 0 Å². The van der Waals surface area contributed by atoms with Crippen molar-refractivity contribution in [2.24, 2.45) is 0 Å². The third-order valence-corrected chi connectivity index (χ3v) is 12.7. The topological polar surface area (TPSA) is 78.9 Å². The van der Waals surface area contributed by atoms with E-state index in [0.29, 0.717) is 19.3 Å². The van der Waals surface area contributed by atoms with Gasteiger partial charge in [-0.15, -0.1) is 0 Å². The van der Waals surface area contributed by atoms with Crippen molar-refractivity contribution in [3.63, 3.8) is 0 Å². The zero-order valence-electron chi connectivity index (χ0n) is 43.1. The molecule has 0 radical (unpaired) electrons. The summed E-state index contributed by atoms with van der Waals surface area (Å²) < 4.78 is 16.8. The number of unbranched alkanes of at least 4 members (excludes halogenated alkanes) is 37. The van der Waals surface area contributed by atoms with E-state index >= 15 is 0 Å². The summed E-state index contributed by atoms with van der Waals surface area (Å²) in [5.41, 5.74) is 0. The number of carbonyl (C=O) groups is 3. The van der Waals surface area contributed by atoms with Gasteiger partial charge in [-0.2, -0.15) is 0 Å². The first-order valence-electron chi connectivity index (χ1n) is 28.3. The van der Waals surface area contributed by atoms with Crippen molar-refractivity contribution in [1.29, 1.82) is 0 Å². The van der Waals surface area contributed by atoms with Crippen molar-refractivity contribution in [3.05, 3.63) is 24.3 Å². The Morgan fingerprint density at radius 1 is 0.297 bits per heavy atom. The lowest BCUT2D eigenvalue weighted by Crippen LogP contribution is -2.30. The fraction of sp³-hybridized carbons (Fsp3) is 0.879. The third-order valence-electron chi connectivity index (χ3n) is 12.7. The van der Waals surface area contributed by atoms with Gasteiger partial charge in [-0.1, -0.05) is 244 Å². The van der Waals surface area contributed by atoms with Crippen LogP contribution in [0.5, 0.6) is 0 Å². The van der Waals surface area contributed by atoms with Crippen LogP contribution in [0.3, 0.4) is 0 Å². The van der Waals surface area contributed by atoms with E-state index in [0.717, 1.165) is 64.2 Å². The molecule has 0 aromatic heterocycles. The minimum atomic E-state index is -0.771. The van der Waals surface area contributed by atoms with Gasteiger partial charge in [-0.05, 0) is 70.6 Å². The van der Waals surface area contributed by atoms with Crippen LogP contribution in [0.4, 0.5) is 0 Å². The zero-order valence-corrected chi connectivity index (χ0v) is 43.1. The zero-order chi connectivity index (χ0) is 46.5. The Kier molecular flexibility index (Phi) is 51.7. The van der Waals surface area contributed by atoms with Crippen LogP contribution in [-0.4, -0.2) is 37.2 Å². The van der Waals surface area contributed by atoms with Crippen LogP contribution in [0.15, 0.2) is 24.3 Å². The molecular weight excluding hydrogens is 793 g/mol. The fourth-order valence-electron chi connectivity index (χ4n) is 8.37. The lowest BCUT2D eigenvalue weighted by atomic mass is 10.0. The van der Waals surface area contributed by atoms with E-state index in [4.69, 9.17) is 14.2 Å². The summed E-state index contributed by atoms with van der Waals surface area (Å²) in [5, 5.41) is 0. The monoisotopic (exact) mass is 901 g/mol. The second-order valence-corrected chi connectivity index (χ2v) is 19.2. The van der Waals surface area contributed by atoms with E-state index in [1.807, 2.05) is 0 Å². The number of esters is 3. The van der Waals surface area contributed by atoms with E-state index in [2.05, 4.69) is 45.1 Å². The number of ether oxygens (including phenoxy) is 3. The Bertz CT molecular complexity index is 1040. The van der Waals surface area contributed by atoms with Crippen molar-refractivity contribution in [2.45, 2.75) is 316 Å². The first-order valence-corrected chi connectivity index (χ1v) is 28.3. The molecule has 0 aliphatic heterocycles. The smallest absolute Gasteiger partial charge is 0.306 e. The maximum atomic E-state index is 12.8. The van der Waals surface area contributed by atoms with Crippen molar-refractivity contribution >= 4 is 17.9 Å². The summed E-state index contributed by atoms with van der Waals surface area (Å²) in [6.45, 7) is 6.66. The minimum absolute atomic E-state index is 0.0704.